The summed E-state index contributed by atoms with van der Waals surface area (Å²) in [6.07, 6.45) is 7.76. The lowest BCUT2D eigenvalue weighted by atomic mass is 9.89. The number of hydrogen-bond donors (Lipinski definition) is 5. The van der Waals surface area contributed by atoms with Crippen LogP contribution in [0.5, 0.6) is 0 Å². The molecule has 9 heteroatoms. The van der Waals surface area contributed by atoms with Crippen LogP contribution in [0.4, 0.5) is 11.4 Å². The number of hydrogen-bond acceptors (Lipinski definition) is 7. The van der Waals surface area contributed by atoms with E-state index >= 15 is 0 Å². The highest BCUT2D eigenvalue weighted by molar-refractivity contribution is 6.01. The van der Waals surface area contributed by atoms with Crippen LogP contribution < -0.4 is 27.0 Å². The van der Waals surface area contributed by atoms with Gasteiger partial charge in [-0.25, -0.2) is 0 Å². The Hall–Kier alpha value is -3.69. The molecule has 6 N–H and O–H groups in total. The minimum absolute atomic E-state index is 0.117. The second-order valence-electron chi connectivity index (χ2n) is 13.4. The third kappa shape index (κ3) is 14.3. The Morgan fingerprint density at radius 1 is 0.740 bits per heavy atom. The van der Waals surface area contributed by atoms with Gasteiger partial charge in [-0.3, -0.25) is 19.7 Å². The number of nitrogen functional groups attached to an aromatic ring is 1. The van der Waals surface area contributed by atoms with Gasteiger partial charge in [0.15, 0.2) is 0 Å². The highest BCUT2D eigenvalue weighted by atomic mass is 16.2. The van der Waals surface area contributed by atoms with E-state index in [0.717, 1.165) is 48.9 Å². The van der Waals surface area contributed by atoms with Crippen LogP contribution in [0.3, 0.4) is 0 Å². The van der Waals surface area contributed by atoms with Crippen molar-refractivity contribution in [2.75, 3.05) is 37.2 Å². The van der Waals surface area contributed by atoms with Gasteiger partial charge in [0, 0.05) is 35.5 Å². The number of imide groups is 1. The van der Waals surface area contributed by atoms with Crippen LogP contribution in [0, 0.1) is 5.92 Å². The van der Waals surface area contributed by atoms with E-state index in [1.54, 1.807) is 0 Å². The Morgan fingerprint density at radius 3 is 1.78 bits per heavy atom. The van der Waals surface area contributed by atoms with Gasteiger partial charge in [0.05, 0.1) is 0 Å². The van der Waals surface area contributed by atoms with Crippen LogP contribution in [-0.2, 0) is 14.4 Å². The van der Waals surface area contributed by atoms with Gasteiger partial charge in [-0.1, -0.05) is 65.5 Å². The lowest BCUT2D eigenvalue weighted by molar-refractivity contribution is -0.133. The summed E-state index contributed by atoms with van der Waals surface area (Å²) in [6, 6.07) is 17.1. The van der Waals surface area contributed by atoms with E-state index in [0.29, 0.717) is 24.8 Å². The number of nitrogens with two attached hydrogens (primary N) is 1. The van der Waals surface area contributed by atoms with Gasteiger partial charge in [-0.05, 0) is 132 Å². The molecule has 0 saturated carbocycles. The molecule has 0 radical (unpaired) electrons. The van der Waals surface area contributed by atoms with Crippen molar-refractivity contribution >= 4 is 29.1 Å². The number of amides is 3. The molecule has 4 heterocycles. The molecule has 9 nitrogen and oxygen atoms in total. The van der Waals surface area contributed by atoms with E-state index in [4.69, 9.17) is 5.73 Å². The molecule has 2 aromatic carbocycles. The van der Waals surface area contributed by atoms with Crippen molar-refractivity contribution in [3.63, 3.8) is 0 Å². The van der Waals surface area contributed by atoms with Crippen molar-refractivity contribution < 1.29 is 14.4 Å². The Kier molecular flexibility index (Phi) is 19.5. The molecule has 0 aromatic heterocycles. The maximum atomic E-state index is 11.7. The summed E-state index contributed by atoms with van der Waals surface area (Å²) in [5.41, 5.74) is 11.2. The summed E-state index contributed by atoms with van der Waals surface area (Å²) in [7, 11) is 0. The molecule has 1 unspecified atom stereocenters. The van der Waals surface area contributed by atoms with E-state index in [9.17, 15) is 14.4 Å². The van der Waals surface area contributed by atoms with Gasteiger partial charge in [0.1, 0.15) is 6.04 Å². The average Bonchev–Trinajstić information content (AvgIpc) is 3.14. The summed E-state index contributed by atoms with van der Waals surface area (Å²) in [4.78, 5) is 36.2. The largest absolute Gasteiger partial charge is 0.399 e. The number of carbonyl (C=O) groups excluding carboxylic acids is 3. The normalized spacial score (nSPS) is 21.4. The van der Waals surface area contributed by atoms with E-state index in [1.807, 2.05) is 58.9 Å². The average molecular weight is 691 g/mol. The van der Waals surface area contributed by atoms with Crippen LogP contribution in [0.1, 0.15) is 123 Å². The van der Waals surface area contributed by atoms with Crippen molar-refractivity contribution in [1.29, 1.82) is 0 Å². The molecule has 4 aliphatic rings. The maximum absolute atomic E-state index is 11.7. The quantitative estimate of drug-likeness (QED) is 0.164. The number of rotatable bonds is 5. The molecular weight excluding hydrogens is 624 g/mol. The summed E-state index contributed by atoms with van der Waals surface area (Å²) < 4.78 is 0. The molecular formula is C41H66N6O3. The molecule has 0 bridgehead atoms. The number of benzene rings is 2. The van der Waals surface area contributed by atoms with Gasteiger partial charge in [0.25, 0.3) is 0 Å². The van der Waals surface area contributed by atoms with Gasteiger partial charge in [-0.15, -0.1) is 0 Å². The van der Waals surface area contributed by atoms with Crippen LogP contribution in [-0.4, -0.2) is 60.9 Å². The predicted octanol–water partition coefficient (Wildman–Crippen LogP) is 7.33. The lowest BCUT2D eigenvalue weighted by Gasteiger charge is -2.34. The van der Waals surface area contributed by atoms with E-state index in [-0.39, 0.29) is 29.7 Å². The van der Waals surface area contributed by atoms with Crippen LogP contribution in [0.2, 0.25) is 0 Å². The fraction of sp³-hybridized carbons (Fsp3) is 0.585. The Bertz CT molecular complexity index is 1300. The van der Waals surface area contributed by atoms with Gasteiger partial charge < -0.3 is 26.6 Å². The van der Waals surface area contributed by atoms with Gasteiger partial charge in [-0.2, -0.15) is 0 Å². The number of piperidine rings is 4. The fourth-order valence-corrected chi connectivity index (χ4v) is 6.44. The van der Waals surface area contributed by atoms with Crippen molar-refractivity contribution in [1.82, 2.24) is 20.9 Å². The molecule has 4 aliphatic heterocycles. The Morgan fingerprint density at radius 2 is 1.28 bits per heavy atom. The van der Waals surface area contributed by atoms with Crippen LogP contribution in [0.25, 0.3) is 0 Å². The molecule has 2 aromatic rings. The fourth-order valence-electron chi connectivity index (χ4n) is 6.44. The van der Waals surface area contributed by atoms with Crippen molar-refractivity contribution in [3.8, 4) is 0 Å². The van der Waals surface area contributed by atoms with E-state index in [1.165, 1.54) is 49.9 Å². The van der Waals surface area contributed by atoms with Gasteiger partial charge >= 0.3 is 0 Å². The summed E-state index contributed by atoms with van der Waals surface area (Å²) in [6.45, 7) is 22.8. The van der Waals surface area contributed by atoms with Crippen molar-refractivity contribution in [3.05, 3.63) is 71.9 Å². The zero-order valence-electron chi connectivity index (χ0n) is 31.9. The third-order valence-electron chi connectivity index (χ3n) is 9.60. The minimum atomic E-state index is -0.313. The molecule has 3 amide bonds. The number of anilines is 2. The first-order valence-electron chi connectivity index (χ1n) is 19.1. The third-order valence-corrected chi connectivity index (χ3v) is 9.60. The Labute approximate surface area is 302 Å². The number of nitrogens with zero attached hydrogens (tertiary/aromatic N) is 1. The first-order valence-corrected chi connectivity index (χ1v) is 19.1. The highest BCUT2D eigenvalue weighted by Gasteiger charge is 2.26. The highest BCUT2D eigenvalue weighted by Crippen LogP contribution is 2.29. The van der Waals surface area contributed by atoms with E-state index < -0.39 is 0 Å². The Balaban J connectivity index is 0.000000264. The molecule has 4 fully saturated rings. The van der Waals surface area contributed by atoms with Crippen LogP contribution in [0.15, 0.2) is 60.8 Å². The van der Waals surface area contributed by atoms with Crippen LogP contribution >= 0.6 is 0 Å². The van der Waals surface area contributed by atoms with Crippen molar-refractivity contribution in [2.45, 2.75) is 124 Å². The topological polar surface area (TPSA) is 129 Å². The molecule has 278 valence electrons. The molecule has 0 spiro atoms. The standard InChI is InChI=1S/C16H21N3O2.C14H22N2.C7H11NO.2C2H6/c20-15-6-5-14(16(21)19-15)18-13-3-1-11(2-4-13)12-7-9-17-10-8-12;1-11(2)16-9-7-13(8-10-16)12-3-5-14(15)6-4-12;1-5-3-4-6(2)8-7(5)9;2*1-2/h1-4,12,14,17-18H,5-10H2,(H,19,20,21);3-6,11,13H,7-10,15H2,1-2H3;5H,2-4H2,1H3,(H,8,9);2*1-2H3/t14-;;;;/m1..../s1. The first kappa shape index (κ1) is 42.5. The predicted molar refractivity (Wildman–Crippen MR) is 209 cm³/mol. The molecule has 0 aliphatic carbocycles. The maximum Gasteiger partial charge on any atom is 0.249 e. The molecule has 4 saturated heterocycles. The molecule has 2 atom stereocenters. The minimum Gasteiger partial charge on any atom is -0.399 e. The number of carbonyl (C=O) groups is 3. The number of allylic oxidation sites excluding steroid dienone is 1. The zero-order chi connectivity index (χ0) is 37.1. The number of likely N-dealkylation sites (tertiary alicyclic amines) is 1. The summed E-state index contributed by atoms with van der Waals surface area (Å²) in [5.74, 6) is 1.25. The monoisotopic (exact) mass is 691 g/mol. The second-order valence-corrected chi connectivity index (χ2v) is 13.4. The summed E-state index contributed by atoms with van der Waals surface area (Å²) >= 11 is 0. The first-order chi connectivity index (χ1) is 24.1. The SMILES string of the molecule is C=C1CCC(C)C(=O)N1.CC.CC.CC(C)N1CCC(c2ccc(N)cc2)CC1.O=C1CC[C@@H](Nc2ccc(C3CCNCC3)cc2)C(=O)N1. The summed E-state index contributed by atoms with van der Waals surface area (Å²) in [5, 5.41) is 11.6. The molecule has 6 rings (SSSR count). The smallest absolute Gasteiger partial charge is 0.249 e. The van der Waals surface area contributed by atoms with Crippen molar-refractivity contribution in [2.24, 2.45) is 5.92 Å². The van der Waals surface area contributed by atoms with Gasteiger partial charge in [0.2, 0.25) is 17.7 Å². The lowest BCUT2D eigenvalue weighted by Crippen LogP contribution is -2.47. The number of nitrogens with one attached hydrogen (secondary N) is 4. The zero-order valence-corrected chi connectivity index (χ0v) is 31.9. The van der Waals surface area contributed by atoms with E-state index in [2.05, 4.69) is 70.9 Å². The molecule has 50 heavy (non-hydrogen) atoms. The second kappa shape index (κ2) is 22.9.